The number of urea groups is 1. The number of fused-ring (bicyclic) bond motifs is 1. The number of amides is 2. The van der Waals surface area contributed by atoms with Crippen LogP contribution in [0.4, 0.5) is 19.3 Å². The standard InChI is InChI=1S/C30H40F2N4O3/c1-38-26-9-6-21(18-27(26)39-2)30-11-10-23(34-29(37)33-22-7-8-24(31)25(32)19-22)20-28(30)36(15-12-30)17-16-35-13-4-3-5-14-35/h6-9,18-19,23,28H,3-5,10-17,20H2,1-2H3,(H2,33,34,37)/t23-,28+,30-/m0/s1. The highest BCUT2D eigenvalue weighted by atomic mass is 19.2. The van der Waals surface area contributed by atoms with Gasteiger partial charge in [0, 0.05) is 42.3 Å². The number of nitrogens with one attached hydrogen (secondary N) is 2. The van der Waals surface area contributed by atoms with Crippen molar-refractivity contribution in [3.8, 4) is 11.5 Å². The molecule has 2 aromatic rings. The van der Waals surface area contributed by atoms with Crippen LogP contribution in [0.1, 0.15) is 50.5 Å². The Labute approximate surface area is 229 Å². The summed E-state index contributed by atoms with van der Waals surface area (Å²) in [6.07, 6.45) is 7.52. The van der Waals surface area contributed by atoms with Gasteiger partial charge in [0.25, 0.3) is 0 Å². The van der Waals surface area contributed by atoms with Crippen molar-refractivity contribution >= 4 is 11.7 Å². The van der Waals surface area contributed by atoms with Crippen molar-refractivity contribution in [3.63, 3.8) is 0 Å². The van der Waals surface area contributed by atoms with E-state index in [0.717, 1.165) is 68.9 Å². The SMILES string of the molecule is COc1ccc([C@@]23CC[C@H](NC(=O)Nc4ccc(F)c(F)c4)C[C@H]2N(CCN2CCCCC2)CC3)cc1OC. The molecule has 2 aromatic carbocycles. The molecule has 3 fully saturated rings. The number of hydrogen-bond acceptors (Lipinski definition) is 5. The van der Waals surface area contributed by atoms with Crippen LogP contribution in [0.3, 0.4) is 0 Å². The molecule has 3 aliphatic rings. The number of piperidine rings is 1. The zero-order valence-electron chi connectivity index (χ0n) is 23.0. The van der Waals surface area contributed by atoms with Crippen LogP contribution in [-0.2, 0) is 5.41 Å². The van der Waals surface area contributed by atoms with Gasteiger partial charge in [-0.1, -0.05) is 12.5 Å². The van der Waals surface area contributed by atoms with Crippen molar-refractivity contribution in [3.05, 3.63) is 53.6 Å². The number of likely N-dealkylation sites (tertiary alicyclic amines) is 2. The molecule has 1 aliphatic carbocycles. The molecule has 7 nitrogen and oxygen atoms in total. The highest BCUT2D eigenvalue weighted by Crippen LogP contribution is 2.50. The van der Waals surface area contributed by atoms with Gasteiger partial charge >= 0.3 is 6.03 Å². The van der Waals surface area contributed by atoms with Gasteiger partial charge < -0.3 is 25.0 Å². The molecule has 0 spiro atoms. The van der Waals surface area contributed by atoms with E-state index in [1.807, 2.05) is 6.07 Å². The van der Waals surface area contributed by atoms with Gasteiger partial charge in [0.2, 0.25) is 0 Å². The summed E-state index contributed by atoms with van der Waals surface area (Å²) >= 11 is 0. The maximum absolute atomic E-state index is 13.6. The van der Waals surface area contributed by atoms with Crippen LogP contribution < -0.4 is 20.1 Å². The second-order valence-electron chi connectivity index (χ2n) is 11.1. The average Bonchev–Trinajstić information content (AvgIpc) is 3.33. The molecule has 9 heteroatoms. The van der Waals surface area contributed by atoms with E-state index in [4.69, 9.17) is 9.47 Å². The lowest BCUT2D eigenvalue weighted by Gasteiger charge is -2.46. The van der Waals surface area contributed by atoms with Gasteiger partial charge in [-0.15, -0.1) is 0 Å². The summed E-state index contributed by atoms with van der Waals surface area (Å²) in [5, 5.41) is 5.76. The number of rotatable bonds is 8. The van der Waals surface area contributed by atoms with Gasteiger partial charge in [-0.25, -0.2) is 13.6 Å². The first-order valence-corrected chi connectivity index (χ1v) is 14.1. The van der Waals surface area contributed by atoms with Crippen molar-refractivity contribution in [2.45, 2.75) is 62.4 Å². The molecule has 2 heterocycles. The van der Waals surface area contributed by atoms with Crippen molar-refractivity contribution in [1.29, 1.82) is 0 Å². The lowest BCUT2D eigenvalue weighted by atomic mass is 9.65. The number of methoxy groups -OCH3 is 2. The van der Waals surface area contributed by atoms with Gasteiger partial charge in [-0.2, -0.15) is 0 Å². The van der Waals surface area contributed by atoms with Gasteiger partial charge in [-0.05, 0) is 88.0 Å². The first-order chi connectivity index (χ1) is 18.9. The number of hydrogen-bond donors (Lipinski definition) is 2. The maximum Gasteiger partial charge on any atom is 0.319 e. The molecule has 212 valence electrons. The molecule has 5 rings (SSSR count). The molecule has 2 saturated heterocycles. The molecule has 0 aromatic heterocycles. The van der Waals surface area contributed by atoms with E-state index in [2.05, 4.69) is 32.6 Å². The van der Waals surface area contributed by atoms with Crippen molar-refractivity contribution in [2.75, 3.05) is 52.3 Å². The Morgan fingerprint density at radius 3 is 2.49 bits per heavy atom. The topological polar surface area (TPSA) is 66.1 Å². The molecule has 3 atom stereocenters. The number of nitrogens with zero attached hydrogens (tertiary/aromatic N) is 2. The van der Waals surface area contributed by atoms with Crippen LogP contribution in [0, 0.1) is 11.6 Å². The molecule has 0 unspecified atom stereocenters. The largest absolute Gasteiger partial charge is 0.493 e. The van der Waals surface area contributed by atoms with Crippen LogP contribution in [0.25, 0.3) is 0 Å². The second-order valence-corrected chi connectivity index (χ2v) is 11.1. The summed E-state index contributed by atoms with van der Waals surface area (Å²) in [6.45, 7) is 5.43. The van der Waals surface area contributed by atoms with Crippen LogP contribution in [0.5, 0.6) is 11.5 Å². The Morgan fingerprint density at radius 1 is 0.949 bits per heavy atom. The molecular formula is C30H40F2N4O3. The smallest absolute Gasteiger partial charge is 0.319 e. The summed E-state index contributed by atoms with van der Waals surface area (Å²) < 4.78 is 38.1. The molecule has 0 bridgehead atoms. The van der Waals surface area contributed by atoms with Gasteiger partial charge in [-0.3, -0.25) is 4.90 Å². The number of carbonyl (C=O) groups is 1. The summed E-state index contributed by atoms with van der Waals surface area (Å²) in [5.41, 5.74) is 1.46. The number of ether oxygens (including phenoxy) is 2. The number of benzene rings is 2. The summed E-state index contributed by atoms with van der Waals surface area (Å²) in [5.74, 6) is -0.467. The van der Waals surface area contributed by atoms with Gasteiger partial charge in [0.15, 0.2) is 23.1 Å². The van der Waals surface area contributed by atoms with Gasteiger partial charge in [0.05, 0.1) is 14.2 Å². The molecule has 1 saturated carbocycles. The zero-order valence-corrected chi connectivity index (χ0v) is 23.0. The van der Waals surface area contributed by atoms with Gasteiger partial charge in [0.1, 0.15) is 0 Å². The fourth-order valence-corrected chi connectivity index (χ4v) is 6.91. The minimum absolute atomic E-state index is 0.0239. The zero-order chi connectivity index (χ0) is 27.4. The van der Waals surface area contributed by atoms with Crippen molar-refractivity contribution in [2.24, 2.45) is 0 Å². The normalized spacial score (nSPS) is 25.6. The van der Waals surface area contributed by atoms with Crippen LogP contribution in [-0.4, -0.2) is 74.9 Å². The Kier molecular flexibility index (Phi) is 8.57. The van der Waals surface area contributed by atoms with Crippen molar-refractivity contribution in [1.82, 2.24) is 15.1 Å². The monoisotopic (exact) mass is 542 g/mol. The number of carbonyl (C=O) groups excluding carboxylic acids is 1. The first-order valence-electron chi connectivity index (χ1n) is 14.1. The highest BCUT2D eigenvalue weighted by Gasteiger charge is 2.51. The molecule has 2 amide bonds. The van der Waals surface area contributed by atoms with E-state index in [0.29, 0.717) is 0 Å². The second kappa shape index (κ2) is 12.1. The van der Waals surface area contributed by atoms with E-state index >= 15 is 0 Å². The quantitative estimate of drug-likeness (QED) is 0.483. The molecule has 2 aliphatic heterocycles. The molecule has 0 radical (unpaired) electrons. The third kappa shape index (κ3) is 5.99. The summed E-state index contributed by atoms with van der Waals surface area (Å²) in [6, 6.07) is 9.51. The predicted octanol–water partition coefficient (Wildman–Crippen LogP) is 5.15. The third-order valence-electron chi connectivity index (χ3n) is 8.99. The lowest BCUT2D eigenvalue weighted by Crippen LogP contribution is -2.53. The van der Waals surface area contributed by atoms with E-state index < -0.39 is 17.7 Å². The van der Waals surface area contributed by atoms with Crippen LogP contribution in [0.15, 0.2) is 36.4 Å². The average molecular weight is 543 g/mol. The fourth-order valence-electron chi connectivity index (χ4n) is 6.91. The molecule has 2 N–H and O–H groups in total. The van der Waals surface area contributed by atoms with Crippen molar-refractivity contribution < 1.29 is 23.0 Å². The molecular weight excluding hydrogens is 502 g/mol. The highest BCUT2D eigenvalue weighted by molar-refractivity contribution is 5.89. The minimum atomic E-state index is -0.986. The van der Waals surface area contributed by atoms with E-state index in [1.54, 1.807) is 14.2 Å². The maximum atomic E-state index is 13.6. The minimum Gasteiger partial charge on any atom is -0.493 e. The third-order valence-corrected chi connectivity index (χ3v) is 8.99. The summed E-state index contributed by atoms with van der Waals surface area (Å²) in [7, 11) is 3.32. The first kappa shape index (κ1) is 27.6. The Bertz CT molecular complexity index is 1160. The van der Waals surface area contributed by atoms with Crippen LogP contribution >= 0.6 is 0 Å². The predicted molar refractivity (Wildman–Crippen MR) is 148 cm³/mol. The van der Waals surface area contributed by atoms with Crippen LogP contribution in [0.2, 0.25) is 0 Å². The Hall–Kier alpha value is -2.91. The van der Waals surface area contributed by atoms with E-state index in [-0.39, 0.29) is 23.2 Å². The summed E-state index contributed by atoms with van der Waals surface area (Å²) in [4.78, 5) is 18.0. The lowest BCUT2D eigenvalue weighted by molar-refractivity contribution is 0.117. The number of halogens is 2. The number of anilines is 1. The Balaban J connectivity index is 1.32. The fraction of sp³-hybridized carbons (Fsp3) is 0.567. The van der Waals surface area contributed by atoms with E-state index in [9.17, 15) is 13.6 Å². The Morgan fingerprint density at radius 2 is 1.74 bits per heavy atom. The molecule has 39 heavy (non-hydrogen) atoms. The van der Waals surface area contributed by atoms with E-state index in [1.165, 1.54) is 44.0 Å².